The van der Waals surface area contributed by atoms with Gasteiger partial charge in [0.1, 0.15) is 5.52 Å². The minimum absolute atomic E-state index is 0.0705. The van der Waals surface area contributed by atoms with E-state index in [4.69, 9.17) is 15.3 Å². The Hall–Kier alpha value is -2.30. The lowest BCUT2D eigenvalue weighted by atomic mass is 10.2. The molecule has 0 aliphatic rings. The Morgan fingerprint density at radius 3 is 3.07 bits per heavy atom. The molecular formula is C10H8N2O3. The summed E-state index contributed by atoms with van der Waals surface area (Å²) in [6.45, 7) is 0. The zero-order chi connectivity index (χ0) is 10.8. The van der Waals surface area contributed by atoms with Gasteiger partial charge in [0, 0.05) is 11.6 Å². The van der Waals surface area contributed by atoms with Gasteiger partial charge >= 0.3 is 5.97 Å². The molecule has 15 heavy (non-hydrogen) atoms. The number of benzene rings is 1. The first-order valence-electron chi connectivity index (χ1n) is 4.23. The Bertz CT molecular complexity index is 543. The summed E-state index contributed by atoms with van der Waals surface area (Å²) in [5, 5.41) is 8.49. The van der Waals surface area contributed by atoms with Crippen molar-refractivity contribution in [1.82, 2.24) is 4.98 Å². The van der Waals surface area contributed by atoms with Gasteiger partial charge in [0.15, 0.2) is 5.58 Å². The summed E-state index contributed by atoms with van der Waals surface area (Å²) in [6, 6.07) is 5.30. The topological polar surface area (TPSA) is 89.3 Å². The fraction of sp³-hybridized carbons (Fsp3) is 0. The second-order valence-electron chi connectivity index (χ2n) is 2.92. The second kappa shape index (κ2) is 3.45. The number of para-hydroxylation sites is 1. The van der Waals surface area contributed by atoms with E-state index in [0.717, 1.165) is 6.08 Å². The largest absolute Gasteiger partial charge is 0.478 e. The first-order chi connectivity index (χ1) is 7.16. The summed E-state index contributed by atoms with van der Waals surface area (Å²) >= 11 is 0. The summed E-state index contributed by atoms with van der Waals surface area (Å²) in [5.41, 5.74) is 7.14. The average molecular weight is 204 g/mol. The summed E-state index contributed by atoms with van der Waals surface area (Å²) in [6.07, 6.45) is 2.47. The minimum atomic E-state index is -1.01. The monoisotopic (exact) mass is 204 g/mol. The zero-order valence-electron chi connectivity index (χ0n) is 7.68. The SMILES string of the molecule is Nc1nc2cccc(/C=C/C(=O)O)c2o1. The van der Waals surface area contributed by atoms with Crippen LogP contribution in [0.25, 0.3) is 17.2 Å². The number of nitrogen functional groups attached to an aromatic ring is 1. The van der Waals surface area contributed by atoms with Crippen molar-refractivity contribution in [3.63, 3.8) is 0 Å². The number of hydrogen-bond acceptors (Lipinski definition) is 4. The number of carboxylic acids is 1. The molecule has 0 radical (unpaired) electrons. The normalized spacial score (nSPS) is 11.2. The first-order valence-corrected chi connectivity index (χ1v) is 4.23. The Balaban J connectivity index is 2.55. The molecule has 5 heteroatoms. The lowest BCUT2D eigenvalue weighted by Crippen LogP contribution is -1.85. The summed E-state index contributed by atoms with van der Waals surface area (Å²) in [5.74, 6) is -1.01. The Labute approximate surface area is 84.8 Å². The minimum Gasteiger partial charge on any atom is -0.478 e. The molecule has 3 N–H and O–H groups in total. The van der Waals surface area contributed by atoms with E-state index in [2.05, 4.69) is 4.98 Å². The molecule has 1 aromatic heterocycles. The van der Waals surface area contributed by atoms with Crippen molar-refractivity contribution in [3.05, 3.63) is 29.8 Å². The molecule has 0 unspecified atom stereocenters. The van der Waals surface area contributed by atoms with Gasteiger partial charge in [-0.1, -0.05) is 12.1 Å². The van der Waals surface area contributed by atoms with Crippen molar-refractivity contribution in [3.8, 4) is 0 Å². The molecule has 0 aliphatic carbocycles. The van der Waals surface area contributed by atoms with E-state index >= 15 is 0 Å². The molecule has 2 rings (SSSR count). The van der Waals surface area contributed by atoms with Crippen molar-refractivity contribution >= 4 is 29.2 Å². The third kappa shape index (κ3) is 1.80. The van der Waals surface area contributed by atoms with Crippen molar-refractivity contribution in [2.24, 2.45) is 0 Å². The molecule has 1 heterocycles. The molecule has 0 aliphatic heterocycles. The van der Waals surface area contributed by atoms with E-state index in [-0.39, 0.29) is 6.01 Å². The molecule has 76 valence electrons. The van der Waals surface area contributed by atoms with Crippen molar-refractivity contribution in [2.75, 3.05) is 5.73 Å². The number of oxazole rings is 1. The maximum absolute atomic E-state index is 10.4. The standard InChI is InChI=1S/C10H8N2O3/c11-10-12-7-3-1-2-6(9(7)15-10)4-5-8(13)14/h1-5H,(H2,11,12)(H,13,14)/b5-4+. The maximum Gasteiger partial charge on any atom is 0.328 e. The number of fused-ring (bicyclic) bond motifs is 1. The molecule has 0 atom stereocenters. The highest BCUT2D eigenvalue weighted by atomic mass is 16.4. The van der Waals surface area contributed by atoms with Gasteiger partial charge in [0.05, 0.1) is 0 Å². The molecule has 2 aromatic rings. The quantitative estimate of drug-likeness (QED) is 0.723. The second-order valence-corrected chi connectivity index (χ2v) is 2.92. The molecule has 0 amide bonds. The number of carbonyl (C=O) groups is 1. The molecule has 0 saturated heterocycles. The molecule has 0 spiro atoms. The van der Waals surface area contributed by atoms with Crippen LogP contribution in [0.5, 0.6) is 0 Å². The van der Waals surface area contributed by atoms with Gasteiger partial charge in [-0.25, -0.2) is 4.79 Å². The van der Waals surface area contributed by atoms with Gasteiger partial charge < -0.3 is 15.3 Å². The predicted molar refractivity (Wildman–Crippen MR) is 55.1 cm³/mol. The smallest absolute Gasteiger partial charge is 0.328 e. The van der Waals surface area contributed by atoms with Gasteiger partial charge in [-0.2, -0.15) is 4.98 Å². The highest BCUT2D eigenvalue weighted by Gasteiger charge is 2.05. The van der Waals surface area contributed by atoms with E-state index in [0.29, 0.717) is 16.7 Å². The van der Waals surface area contributed by atoms with Crippen molar-refractivity contribution < 1.29 is 14.3 Å². The van der Waals surface area contributed by atoms with E-state index < -0.39 is 5.97 Å². The van der Waals surface area contributed by atoms with E-state index in [1.54, 1.807) is 18.2 Å². The van der Waals surface area contributed by atoms with Gasteiger partial charge in [-0.15, -0.1) is 0 Å². The predicted octanol–water partition coefficient (Wildman–Crippen LogP) is 1.51. The van der Waals surface area contributed by atoms with Crippen LogP contribution in [0.1, 0.15) is 5.56 Å². The number of nitrogens with zero attached hydrogens (tertiary/aromatic N) is 1. The fourth-order valence-electron chi connectivity index (χ4n) is 1.28. The highest BCUT2D eigenvalue weighted by Crippen LogP contribution is 2.21. The third-order valence-electron chi connectivity index (χ3n) is 1.87. The Morgan fingerprint density at radius 2 is 2.33 bits per heavy atom. The van der Waals surface area contributed by atoms with Crippen LogP contribution in [-0.4, -0.2) is 16.1 Å². The number of nitrogens with two attached hydrogens (primary N) is 1. The average Bonchev–Trinajstić information content (AvgIpc) is 2.55. The Morgan fingerprint density at radius 1 is 1.53 bits per heavy atom. The fourth-order valence-corrected chi connectivity index (χ4v) is 1.28. The number of hydrogen-bond donors (Lipinski definition) is 2. The Kier molecular flexibility index (Phi) is 2.13. The number of aliphatic carboxylic acids is 1. The van der Waals surface area contributed by atoms with Crippen molar-refractivity contribution in [1.29, 1.82) is 0 Å². The van der Waals surface area contributed by atoms with Gasteiger partial charge in [-0.3, -0.25) is 0 Å². The van der Waals surface area contributed by atoms with Crippen LogP contribution in [0.2, 0.25) is 0 Å². The van der Waals surface area contributed by atoms with Crippen LogP contribution in [0, 0.1) is 0 Å². The number of rotatable bonds is 2. The van der Waals surface area contributed by atoms with Gasteiger partial charge in [-0.05, 0) is 12.1 Å². The summed E-state index contributed by atoms with van der Waals surface area (Å²) in [4.78, 5) is 14.3. The van der Waals surface area contributed by atoms with E-state index in [1.807, 2.05) is 0 Å². The molecule has 0 bridgehead atoms. The zero-order valence-corrected chi connectivity index (χ0v) is 7.68. The lowest BCUT2D eigenvalue weighted by molar-refractivity contribution is -0.131. The lowest BCUT2D eigenvalue weighted by Gasteiger charge is -1.92. The van der Waals surface area contributed by atoms with Crippen LogP contribution in [0.15, 0.2) is 28.7 Å². The molecule has 0 saturated carbocycles. The van der Waals surface area contributed by atoms with E-state index in [1.165, 1.54) is 6.08 Å². The molecular weight excluding hydrogens is 196 g/mol. The van der Waals surface area contributed by atoms with Crippen molar-refractivity contribution in [2.45, 2.75) is 0 Å². The summed E-state index contributed by atoms with van der Waals surface area (Å²) in [7, 11) is 0. The van der Waals surface area contributed by atoms with E-state index in [9.17, 15) is 4.79 Å². The number of anilines is 1. The van der Waals surface area contributed by atoms with Gasteiger partial charge in [0.25, 0.3) is 6.01 Å². The summed E-state index contributed by atoms with van der Waals surface area (Å²) < 4.78 is 5.15. The third-order valence-corrected chi connectivity index (χ3v) is 1.87. The van der Waals surface area contributed by atoms with Crippen LogP contribution in [-0.2, 0) is 4.79 Å². The van der Waals surface area contributed by atoms with Crippen LogP contribution in [0.4, 0.5) is 6.01 Å². The van der Waals surface area contributed by atoms with Gasteiger partial charge in [0.2, 0.25) is 0 Å². The van der Waals surface area contributed by atoms with Crippen LogP contribution >= 0.6 is 0 Å². The highest BCUT2D eigenvalue weighted by molar-refractivity contribution is 5.90. The first kappa shape index (κ1) is 9.26. The number of carboxylic acid groups (broad SMARTS) is 1. The molecule has 0 fully saturated rings. The molecule has 1 aromatic carbocycles. The van der Waals surface area contributed by atoms with Crippen LogP contribution < -0.4 is 5.73 Å². The maximum atomic E-state index is 10.4. The molecule has 5 nitrogen and oxygen atoms in total. The van der Waals surface area contributed by atoms with Crippen LogP contribution in [0.3, 0.4) is 0 Å². The number of aromatic nitrogens is 1.